The van der Waals surface area contributed by atoms with Crippen LogP contribution in [0.4, 0.5) is 0 Å². The van der Waals surface area contributed by atoms with Gasteiger partial charge in [-0.05, 0) is 42.0 Å². The van der Waals surface area contributed by atoms with E-state index in [1.807, 2.05) is 36.4 Å². The predicted molar refractivity (Wildman–Crippen MR) is 108 cm³/mol. The summed E-state index contributed by atoms with van der Waals surface area (Å²) in [5.41, 5.74) is 1.61. The quantitative estimate of drug-likeness (QED) is 0.466. The van der Waals surface area contributed by atoms with Gasteiger partial charge in [-0.25, -0.2) is 4.83 Å². The summed E-state index contributed by atoms with van der Waals surface area (Å²) in [5, 5.41) is 3.87. The molecule has 0 aromatic heterocycles. The van der Waals surface area contributed by atoms with Crippen molar-refractivity contribution in [2.75, 3.05) is 7.11 Å². The molecule has 6 nitrogen and oxygen atoms in total. The fraction of sp³-hybridized carbons (Fsp3) is 0.0952. The zero-order valence-electron chi connectivity index (χ0n) is 15.3. The molecule has 0 aliphatic carbocycles. The Morgan fingerprint density at radius 3 is 2.50 bits per heavy atom. The summed E-state index contributed by atoms with van der Waals surface area (Å²) < 4.78 is 35.5. The Bertz CT molecular complexity index is 1050. The molecule has 0 heterocycles. The van der Waals surface area contributed by atoms with Gasteiger partial charge in [-0.15, -0.1) is 0 Å². The minimum absolute atomic E-state index is 0.148. The molecular formula is C21H20N2O4S. The van der Waals surface area contributed by atoms with Crippen LogP contribution in [-0.4, -0.2) is 21.7 Å². The molecular weight excluding hydrogens is 376 g/mol. The lowest BCUT2D eigenvalue weighted by Crippen LogP contribution is -2.18. The number of methoxy groups -OCH3 is 1. The van der Waals surface area contributed by atoms with Crippen molar-refractivity contribution in [1.82, 2.24) is 4.83 Å². The molecule has 0 saturated heterocycles. The SMILES string of the molecule is COc1cccc(COc2ccccc2/C=N\NS(=O)(=O)c2ccccc2)c1. The minimum Gasteiger partial charge on any atom is -0.497 e. The average Bonchev–Trinajstić information content (AvgIpc) is 2.74. The third-order valence-electron chi connectivity index (χ3n) is 3.88. The largest absolute Gasteiger partial charge is 0.497 e. The lowest BCUT2D eigenvalue weighted by molar-refractivity contribution is 0.305. The van der Waals surface area contributed by atoms with Gasteiger partial charge in [0.1, 0.15) is 18.1 Å². The first kappa shape index (κ1) is 19.4. The fourth-order valence-electron chi connectivity index (χ4n) is 2.46. The van der Waals surface area contributed by atoms with E-state index in [1.54, 1.807) is 37.4 Å². The number of benzene rings is 3. The van der Waals surface area contributed by atoms with Crippen molar-refractivity contribution in [1.29, 1.82) is 0 Å². The molecule has 0 atom stereocenters. The highest BCUT2D eigenvalue weighted by molar-refractivity contribution is 7.89. The third-order valence-corrected chi connectivity index (χ3v) is 5.12. The van der Waals surface area contributed by atoms with E-state index in [2.05, 4.69) is 9.93 Å². The van der Waals surface area contributed by atoms with Crippen molar-refractivity contribution in [2.45, 2.75) is 11.5 Å². The zero-order valence-corrected chi connectivity index (χ0v) is 16.1. The second kappa shape index (κ2) is 9.05. The van der Waals surface area contributed by atoms with Gasteiger partial charge in [0.05, 0.1) is 18.2 Å². The summed E-state index contributed by atoms with van der Waals surface area (Å²) in [5.74, 6) is 1.35. The first-order valence-corrected chi connectivity index (χ1v) is 10.0. The molecule has 0 unspecified atom stereocenters. The van der Waals surface area contributed by atoms with Crippen molar-refractivity contribution in [3.05, 3.63) is 90.0 Å². The van der Waals surface area contributed by atoms with Crippen LogP contribution in [0, 0.1) is 0 Å². The van der Waals surface area contributed by atoms with Crippen LogP contribution in [0.2, 0.25) is 0 Å². The number of ether oxygens (including phenoxy) is 2. The van der Waals surface area contributed by atoms with Crippen LogP contribution in [0.5, 0.6) is 11.5 Å². The number of nitrogens with zero attached hydrogens (tertiary/aromatic N) is 1. The number of hydrogen-bond donors (Lipinski definition) is 1. The first-order chi connectivity index (χ1) is 13.6. The Hall–Kier alpha value is -3.32. The number of hydrazone groups is 1. The summed E-state index contributed by atoms with van der Waals surface area (Å²) in [7, 11) is -2.10. The molecule has 3 rings (SSSR count). The molecule has 0 radical (unpaired) electrons. The molecule has 3 aromatic carbocycles. The molecule has 0 fully saturated rings. The Labute approximate surface area is 164 Å². The maximum atomic E-state index is 12.2. The maximum Gasteiger partial charge on any atom is 0.276 e. The molecule has 0 aliphatic heterocycles. The molecule has 144 valence electrons. The molecule has 0 aliphatic rings. The Kier molecular flexibility index (Phi) is 6.29. The standard InChI is InChI=1S/C21H20N2O4S/c1-26-19-10-7-8-17(14-19)16-27-21-13-6-5-9-18(21)15-22-23-28(24,25)20-11-3-2-4-12-20/h2-15,23H,16H2,1H3/b22-15-. The predicted octanol–water partition coefficient (Wildman–Crippen LogP) is 3.59. The monoisotopic (exact) mass is 396 g/mol. The molecule has 0 spiro atoms. The molecule has 1 N–H and O–H groups in total. The van der Waals surface area contributed by atoms with Crippen LogP contribution < -0.4 is 14.3 Å². The van der Waals surface area contributed by atoms with Gasteiger partial charge >= 0.3 is 0 Å². The molecule has 7 heteroatoms. The summed E-state index contributed by atoms with van der Waals surface area (Å²) in [6.45, 7) is 0.345. The van der Waals surface area contributed by atoms with Crippen LogP contribution in [-0.2, 0) is 16.6 Å². The number of rotatable bonds is 8. The van der Waals surface area contributed by atoms with Crippen LogP contribution in [0.3, 0.4) is 0 Å². The van der Waals surface area contributed by atoms with Crippen molar-refractivity contribution >= 4 is 16.2 Å². The minimum atomic E-state index is -3.71. The summed E-state index contributed by atoms with van der Waals surface area (Å²) in [6.07, 6.45) is 1.42. The molecule has 28 heavy (non-hydrogen) atoms. The second-order valence-corrected chi connectivity index (χ2v) is 7.50. The van der Waals surface area contributed by atoms with E-state index in [1.165, 1.54) is 18.3 Å². The summed E-state index contributed by atoms with van der Waals surface area (Å²) >= 11 is 0. The van der Waals surface area contributed by atoms with Gasteiger partial charge in [-0.2, -0.15) is 13.5 Å². The van der Waals surface area contributed by atoms with Gasteiger partial charge in [0.2, 0.25) is 0 Å². The Morgan fingerprint density at radius 1 is 0.964 bits per heavy atom. The Balaban J connectivity index is 1.69. The van der Waals surface area contributed by atoms with Crippen molar-refractivity contribution < 1.29 is 17.9 Å². The van der Waals surface area contributed by atoms with Crippen molar-refractivity contribution in [3.8, 4) is 11.5 Å². The smallest absolute Gasteiger partial charge is 0.276 e. The van der Waals surface area contributed by atoms with Crippen LogP contribution >= 0.6 is 0 Å². The normalized spacial score (nSPS) is 11.3. The van der Waals surface area contributed by atoms with Crippen LogP contribution in [0.15, 0.2) is 88.9 Å². The first-order valence-electron chi connectivity index (χ1n) is 8.53. The topological polar surface area (TPSA) is 77.0 Å². The highest BCUT2D eigenvalue weighted by Gasteiger charge is 2.11. The zero-order chi connectivity index (χ0) is 19.8. The van der Waals surface area contributed by atoms with Gasteiger partial charge in [0, 0.05) is 5.56 Å². The molecule has 0 saturated carbocycles. The lowest BCUT2D eigenvalue weighted by atomic mass is 10.2. The average molecular weight is 396 g/mol. The second-order valence-electron chi connectivity index (χ2n) is 5.84. The van der Waals surface area contributed by atoms with Crippen LogP contribution in [0.25, 0.3) is 0 Å². The number of hydrogen-bond acceptors (Lipinski definition) is 5. The fourth-order valence-corrected chi connectivity index (χ4v) is 3.27. The molecule has 0 bridgehead atoms. The molecule has 3 aromatic rings. The highest BCUT2D eigenvalue weighted by atomic mass is 32.2. The van der Waals surface area contributed by atoms with Gasteiger partial charge < -0.3 is 9.47 Å². The van der Waals surface area contributed by atoms with E-state index in [0.717, 1.165) is 11.3 Å². The number of nitrogens with one attached hydrogen (secondary N) is 1. The lowest BCUT2D eigenvalue weighted by Gasteiger charge is -2.10. The number of sulfonamides is 1. The van der Waals surface area contributed by atoms with Gasteiger partial charge in [0.15, 0.2) is 0 Å². The van der Waals surface area contributed by atoms with Crippen molar-refractivity contribution in [3.63, 3.8) is 0 Å². The van der Waals surface area contributed by atoms with Gasteiger partial charge in [0.25, 0.3) is 10.0 Å². The van der Waals surface area contributed by atoms with Crippen LogP contribution in [0.1, 0.15) is 11.1 Å². The highest BCUT2D eigenvalue weighted by Crippen LogP contribution is 2.19. The van der Waals surface area contributed by atoms with Gasteiger partial charge in [-0.3, -0.25) is 0 Å². The summed E-state index contributed by atoms with van der Waals surface area (Å²) in [4.78, 5) is 2.36. The third kappa shape index (κ3) is 5.11. The van der Waals surface area contributed by atoms with E-state index in [-0.39, 0.29) is 4.90 Å². The van der Waals surface area contributed by atoms with E-state index < -0.39 is 10.0 Å². The van der Waals surface area contributed by atoms with E-state index in [0.29, 0.717) is 17.9 Å². The molecule has 0 amide bonds. The Morgan fingerprint density at radius 2 is 1.71 bits per heavy atom. The summed E-state index contributed by atoms with van der Waals surface area (Å²) in [6, 6.07) is 22.9. The van der Waals surface area contributed by atoms with E-state index in [9.17, 15) is 8.42 Å². The van der Waals surface area contributed by atoms with Gasteiger partial charge in [-0.1, -0.05) is 42.5 Å². The van der Waals surface area contributed by atoms with E-state index in [4.69, 9.17) is 9.47 Å². The van der Waals surface area contributed by atoms with Crippen molar-refractivity contribution in [2.24, 2.45) is 5.10 Å². The van der Waals surface area contributed by atoms with E-state index >= 15 is 0 Å². The number of para-hydroxylation sites is 1. The maximum absolute atomic E-state index is 12.2.